The molecule has 0 bridgehead atoms. The number of rotatable bonds is 9. The second-order valence-electron chi connectivity index (χ2n) is 11.8. The highest BCUT2D eigenvalue weighted by Gasteiger charge is 2.44. The molecule has 0 saturated carbocycles. The number of hydroxylamine groups is 2. The van der Waals surface area contributed by atoms with Gasteiger partial charge in [-0.3, -0.25) is 5.21 Å². The van der Waals surface area contributed by atoms with E-state index in [1.54, 1.807) is 37.3 Å². The van der Waals surface area contributed by atoms with Crippen molar-refractivity contribution in [2.75, 3.05) is 26.2 Å². The second-order valence-corrected chi connectivity index (χ2v) is 11.8. The third-order valence-corrected chi connectivity index (χ3v) is 8.87. The highest BCUT2D eigenvalue weighted by Crippen LogP contribution is 2.36. The molecule has 1 N–H and O–H groups in total. The zero-order valence-electron chi connectivity index (χ0n) is 26.6. The van der Waals surface area contributed by atoms with Crippen LogP contribution in [0, 0.1) is 23.0 Å². The molecule has 1 atom stereocenters. The molecule has 0 spiro atoms. The molecule has 2 aliphatic heterocycles. The lowest BCUT2D eigenvalue weighted by atomic mass is 9.74. The molecule has 0 aromatic heterocycles. The van der Waals surface area contributed by atoms with Crippen LogP contribution in [-0.4, -0.2) is 69.3 Å². The monoisotopic (exact) mass is 657 g/mol. The van der Waals surface area contributed by atoms with Gasteiger partial charge in [0.2, 0.25) is 0 Å². The van der Waals surface area contributed by atoms with Crippen molar-refractivity contribution in [1.82, 2.24) is 19.8 Å². The van der Waals surface area contributed by atoms with Gasteiger partial charge in [-0.15, -0.1) is 0 Å². The Kier molecular flexibility index (Phi) is 10.8. The number of nitrogens with zero attached hydrogens (tertiary/aromatic N) is 5. The van der Waals surface area contributed by atoms with E-state index >= 15 is 4.39 Å². The van der Waals surface area contributed by atoms with Crippen molar-refractivity contribution in [3.8, 4) is 6.07 Å². The zero-order chi connectivity index (χ0) is 34.3. The molecule has 1 unspecified atom stereocenters. The average Bonchev–Trinajstić information content (AvgIpc) is 3.11. The number of piperidine rings is 1. The summed E-state index contributed by atoms with van der Waals surface area (Å²) in [7, 11) is 0. The minimum atomic E-state index is -1.38. The molecular weight excluding hydrogens is 620 g/mol. The maximum absolute atomic E-state index is 15.1. The number of amides is 5. The summed E-state index contributed by atoms with van der Waals surface area (Å²) in [6.07, 6.45) is 2.03. The van der Waals surface area contributed by atoms with E-state index in [-0.39, 0.29) is 30.8 Å². The lowest BCUT2D eigenvalue weighted by Gasteiger charge is -2.39. The molecule has 1 fully saturated rings. The Morgan fingerprint density at radius 3 is 2.33 bits per heavy atom. The molecular formula is C36H37F2N5O5. The first-order chi connectivity index (χ1) is 23.2. The van der Waals surface area contributed by atoms with E-state index in [1.807, 2.05) is 30.3 Å². The fraction of sp³-hybridized carbons (Fsp3) is 0.333. The minimum Gasteiger partial charge on any atom is -0.444 e. The summed E-state index contributed by atoms with van der Waals surface area (Å²) in [6.45, 7) is 3.14. The van der Waals surface area contributed by atoms with Crippen LogP contribution in [0.4, 0.5) is 23.2 Å². The lowest BCUT2D eigenvalue weighted by molar-refractivity contribution is -0.0583. The topological polar surface area (TPSA) is 117 Å². The van der Waals surface area contributed by atoms with Crippen LogP contribution in [0.1, 0.15) is 55.3 Å². The summed E-state index contributed by atoms with van der Waals surface area (Å²) in [5.74, 6) is -1.85. The first-order valence-corrected chi connectivity index (χ1v) is 15.9. The minimum absolute atomic E-state index is 0.142. The van der Waals surface area contributed by atoms with Gasteiger partial charge in [0.1, 0.15) is 18.2 Å². The Hall–Kier alpha value is -5.12. The average molecular weight is 658 g/mol. The Labute approximate surface area is 278 Å². The van der Waals surface area contributed by atoms with Crippen molar-refractivity contribution in [2.24, 2.45) is 0 Å². The fourth-order valence-electron chi connectivity index (χ4n) is 6.15. The Bertz CT molecular complexity index is 1690. The van der Waals surface area contributed by atoms with Gasteiger partial charge in [0.25, 0.3) is 0 Å². The maximum Gasteiger partial charge on any atom is 0.422 e. The van der Waals surface area contributed by atoms with Gasteiger partial charge in [-0.05, 0) is 68.6 Å². The molecule has 2 heterocycles. The van der Waals surface area contributed by atoms with Crippen LogP contribution in [0.2, 0.25) is 0 Å². The molecule has 250 valence electrons. The van der Waals surface area contributed by atoms with E-state index in [0.29, 0.717) is 65.4 Å². The summed E-state index contributed by atoms with van der Waals surface area (Å²) in [5.41, 5.74) is 1.03. The normalized spacial score (nSPS) is 17.8. The van der Waals surface area contributed by atoms with Crippen LogP contribution in [0.25, 0.3) is 0 Å². The Morgan fingerprint density at radius 1 is 1.04 bits per heavy atom. The third-order valence-electron chi connectivity index (χ3n) is 8.87. The molecule has 2 aliphatic rings. The first-order valence-electron chi connectivity index (χ1n) is 15.9. The number of hydrogen-bond acceptors (Lipinski definition) is 7. The predicted octanol–water partition coefficient (Wildman–Crippen LogP) is 7.13. The summed E-state index contributed by atoms with van der Waals surface area (Å²) < 4.78 is 34.3. The molecule has 1 saturated heterocycles. The molecule has 5 rings (SSSR count). The van der Waals surface area contributed by atoms with Gasteiger partial charge >= 0.3 is 18.2 Å². The van der Waals surface area contributed by atoms with Crippen molar-refractivity contribution < 1.29 is 33.1 Å². The van der Waals surface area contributed by atoms with Gasteiger partial charge in [0.15, 0.2) is 0 Å². The SMILES string of the molecule is CCC1=CC(c2ccc(F)cc2F)N(C(=O)N(O)CCCN2CCC(C#N)(c3ccccc3)CC2)C(=O)N1C(=O)OCc1ccccc1. The molecule has 0 radical (unpaired) electrons. The summed E-state index contributed by atoms with van der Waals surface area (Å²) in [5, 5.41) is 21.2. The Balaban J connectivity index is 1.29. The highest BCUT2D eigenvalue weighted by atomic mass is 19.1. The molecule has 0 aliphatic carbocycles. The van der Waals surface area contributed by atoms with Gasteiger partial charge in [-0.1, -0.05) is 73.7 Å². The van der Waals surface area contributed by atoms with E-state index in [9.17, 15) is 29.2 Å². The van der Waals surface area contributed by atoms with Crippen LogP contribution in [0.5, 0.6) is 0 Å². The van der Waals surface area contributed by atoms with Crippen molar-refractivity contribution in [3.05, 3.63) is 119 Å². The van der Waals surface area contributed by atoms with Crippen LogP contribution in [-0.2, 0) is 16.8 Å². The van der Waals surface area contributed by atoms with E-state index in [4.69, 9.17) is 4.74 Å². The van der Waals surface area contributed by atoms with Crippen LogP contribution in [0.3, 0.4) is 0 Å². The second kappa shape index (κ2) is 15.2. The van der Waals surface area contributed by atoms with Gasteiger partial charge in [-0.2, -0.15) is 5.26 Å². The molecule has 3 aromatic carbocycles. The van der Waals surface area contributed by atoms with Crippen molar-refractivity contribution in [1.29, 1.82) is 5.26 Å². The number of likely N-dealkylation sites (tertiary alicyclic amines) is 1. The highest BCUT2D eigenvalue weighted by molar-refractivity contribution is 6.02. The lowest BCUT2D eigenvalue weighted by Crippen LogP contribution is -2.55. The van der Waals surface area contributed by atoms with E-state index in [0.717, 1.165) is 17.7 Å². The van der Waals surface area contributed by atoms with Crippen LogP contribution in [0.15, 0.2) is 90.6 Å². The largest absolute Gasteiger partial charge is 0.444 e. The Morgan fingerprint density at radius 2 is 1.71 bits per heavy atom. The third kappa shape index (κ3) is 7.38. The van der Waals surface area contributed by atoms with E-state index < -0.39 is 41.2 Å². The van der Waals surface area contributed by atoms with Gasteiger partial charge in [0.05, 0.1) is 24.1 Å². The number of allylic oxidation sites excluding steroid dienone is 1. The standard InChI is InChI=1S/C36H37F2N5O5/c1-2-29-23-32(30-15-14-28(37)22-31(30)38)43(34(45)42(29)35(46)48-24-26-10-5-3-6-11-26)33(44)41(47)19-9-18-40-20-16-36(25-39,17-21-40)27-12-7-4-8-13-27/h3-8,10-15,22-23,32,47H,2,9,16-21,24H2,1H3. The number of carbonyl (C=O) groups excluding carboxylic acids is 3. The summed E-state index contributed by atoms with van der Waals surface area (Å²) in [4.78, 5) is 44.2. The molecule has 10 nitrogen and oxygen atoms in total. The number of nitriles is 1. The van der Waals surface area contributed by atoms with Gasteiger partial charge in [-0.25, -0.2) is 38.0 Å². The first kappa shape index (κ1) is 34.2. The van der Waals surface area contributed by atoms with Gasteiger partial charge < -0.3 is 9.64 Å². The van der Waals surface area contributed by atoms with E-state index in [2.05, 4.69) is 11.0 Å². The maximum atomic E-state index is 15.1. The van der Waals surface area contributed by atoms with E-state index in [1.165, 1.54) is 6.08 Å². The number of hydrogen-bond donors (Lipinski definition) is 1. The number of ether oxygens (including phenoxy) is 1. The van der Waals surface area contributed by atoms with Crippen molar-refractivity contribution >= 4 is 18.2 Å². The predicted molar refractivity (Wildman–Crippen MR) is 171 cm³/mol. The van der Waals surface area contributed by atoms with Crippen molar-refractivity contribution in [3.63, 3.8) is 0 Å². The van der Waals surface area contributed by atoms with Crippen molar-refractivity contribution in [2.45, 2.75) is 50.7 Å². The van der Waals surface area contributed by atoms with Gasteiger partial charge in [0, 0.05) is 17.3 Å². The summed E-state index contributed by atoms with van der Waals surface area (Å²) >= 11 is 0. The quantitative estimate of drug-likeness (QED) is 0.192. The van der Waals surface area contributed by atoms with Crippen LogP contribution < -0.4 is 0 Å². The smallest absolute Gasteiger partial charge is 0.422 e. The summed E-state index contributed by atoms with van der Waals surface area (Å²) in [6, 6.07) is 20.0. The molecule has 12 heteroatoms. The fourth-order valence-corrected chi connectivity index (χ4v) is 6.15. The number of imide groups is 2. The number of halogens is 2. The number of benzene rings is 3. The molecule has 3 aromatic rings. The number of urea groups is 2. The molecule has 5 amide bonds. The molecule has 48 heavy (non-hydrogen) atoms. The number of carbonyl (C=O) groups is 3. The zero-order valence-corrected chi connectivity index (χ0v) is 26.6. The van der Waals surface area contributed by atoms with Crippen LogP contribution >= 0.6 is 0 Å².